The van der Waals surface area contributed by atoms with Crippen LogP contribution in [0.1, 0.15) is 18.7 Å². The summed E-state index contributed by atoms with van der Waals surface area (Å²) in [5, 5.41) is 0.0414. The van der Waals surface area contributed by atoms with Gasteiger partial charge in [-0.25, -0.2) is 17.5 Å². The zero-order valence-corrected chi connectivity index (χ0v) is 12.6. The Kier molecular flexibility index (Phi) is 4.46. The molecule has 0 fully saturated rings. The molecule has 112 valence electrons. The van der Waals surface area contributed by atoms with Crippen LogP contribution in [0.2, 0.25) is 5.02 Å². The first-order valence-electron chi connectivity index (χ1n) is 5.99. The van der Waals surface area contributed by atoms with Crippen molar-refractivity contribution < 1.29 is 12.8 Å². The van der Waals surface area contributed by atoms with E-state index in [1.165, 1.54) is 6.20 Å². The smallest absolute Gasteiger partial charge is 0.244 e. The maximum Gasteiger partial charge on any atom is 0.244 e. The summed E-state index contributed by atoms with van der Waals surface area (Å²) in [4.78, 5) is 3.45. The van der Waals surface area contributed by atoms with Gasteiger partial charge in [0.25, 0.3) is 0 Å². The average Bonchev–Trinajstić information content (AvgIpc) is 2.43. The molecule has 0 spiro atoms. The third-order valence-corrected chi connectivity index (χ3v) is 4.54. The summed E-state index contributed by atoms with van der Waals surface area (Å²) in [6.07, 6.45) is 1.54. The van der Waals surface area contributed by atoms with Gasteiger partial charge in [-0.1, -0.05) is 17.7 Å². The second-order valence-corrected chi connectivity index (χ2v) is 6.52. The van der Waals surface area contributed by atoms with Crippen molar-refractivity contribution in [2.45, 2.75) is 17.9 Å². The summed E-state index contributed by atoms with van der Waals surface area (Å²) in [5.74, 6) is -1.03. The highest BCUT2D eigenvalue weighted by atomic mass is 35.5. The molecule has 0 aliphatic carbocycles. The SMILES string of the molecule is CC(NS(=O)(=O)c1cc(Cl)cc(N)c1F)c1ccccn1. The van der Waals surface area contributed by atoms with E-state index in [0.717, 1.165) is 12.1 Å². The number of rotatable bonds is 4. The molecule has 1 aromatic carbocycles. The molecular formula is C13H13ClFN3O2S. The Labute approximate surface area is 127 Å². The van der Waals surface area contributed by atoms with Gasteiger partial charge in [0.2, 0.25) is 10.0 Å². The summed E-state index contributed by atoms with van der Waals surface area (Å²) in [6, 6.07) is 6.64. The molecule has 0 amide bonds. The predicted molar refractivity (Wildman–Crippen MR) is 78.8 cm³/mol. The van der Waals surface area contributed by atoms with Gasteiger partial charge in [-0.05, 0) is 31.2 Å². The molecule has 2 aromatic rings. The van der Waals surface area contributed by atoms with Gasteiger partial charge in [0.15, 0.2) is 5.82 Å². The minimum atomic E-state index is -4.11. The number of halogens is 2. The van der Waals surface area contributed by atoms with Gasteiger partial charge in [0, 0.05) is 11.2 Å². The predicted octanol–water partition coefficient (Wildman–Crippen LogP) is 2.50. The van der Waals surface area contributed by atoms with Crippen molar-refractivity contribution in [2.24, 2.45) is 0 Å². The number of anilines is 1. The number of sulfonamides is 1. The van der Waals surface area contributed by atoms with Crippen molar-refractivity contribution in [2.75, 3.05) is 5.73 Å². The third kappa shape index (κ3) is 3.49. The summed E-state index contributed by atoms with van der Waals surface area (Å²) in [7, 11) is -4.11. The van der Waals surface area contributed by atoms with Crippen LogP contribution in [0.25, 0.3) is 0 Å². The fraction of sp³-hybridized carbons (Fsp3) is 0.154. The maximum atomic E-state index is 13.9. The van der Waals surface area contributed by atoms with Crippen molar-refractivity contribution >= 4 is 27.3 Å². The van der Waals surface area contributed by atoms with E-state index in [4.69, 9.17) is 17.3 Å². The van der Waals surface area contributed by atoms with Gasteiger partial charge in [-0.3, -0.25) is 4.98 Å². The molecule has 2 rings (SSSR count). The van der Waals surface area contributed by atoms with E-state index in [0.29, 0.717) is 5.69 Å². The molecule has 21 heavy (non-hydrogen) atoms. The number of nitrogens with zero attached hydrogens (tertiary/aromatic N) is 1. The Hall–Kier alpha value is -1.70. The zero-order valence-electron chi connectivity index (χ0n) is 11.0. The normalized spacial score (nSPS) is 13.1. The molecule has 0 radical (unpaired) electrons. The van der Waals surface area contributed by atoms with Crippen molar-refractivity contribution in [1.29, 1.82) is 0 Å². The lowest BCUT2D eigenvalue weighted by Gasteiger charge is -2.15. The Morgan fingerprint density at radius 1 is 1.38 bits per heavy atom. The maximum absolute atomic E-state index is 13.9. The molecule has 0 aliphatic heterocycles. The van der Waals surface area contributed by atoms with Crippen LogP contribution in [0.3, 0.4) is 0 Å². The van der Waals surface area contributed by atoms with Gasteiger partial charge in [-0.15, -0.1) is 0 Å². The van der Waals surface area contributed by atoms with Gasteiger partial charge >= 0.3 is 0 Å². The second-order valence-electron chi connectivity index (χ2n) is 4.40. The third-order valence-electron chi connectivity index (χ3n) is 2.79. The minimum Gasteiger partial charge on any atom is -0.396 e. The summed E-state index contributed by atoms with van der Waals surface area (Å²) < 4.78 is 40.7. The van der Waals surface area contributed by atoms with E-state index < -0.39 is 26.8 Å². The van der Waals surface area contributed by atoms with Crippen LogP contribution >= 0.6 is 11.6 Å². The largest absolute Gasteiger partial charge is 0.396 e. The van der Waals surface area contributed by atoms with Crippen molar-refractivity contribution in [3.05, 3.63) is 53.1 Å². The number of aromatic nitrogens is 1. The Morgan fingerprint density at radius 2 is 2.10 bits per heavy atom. The topological polar surface area (TPSA) is 85.1 Å². The lowest BCUT2D eigenvalue weighted by Crippen LogP contribution is -2.28. The molecule has 1 aromatic heterocycles. The summed E-state index contributed by atoms with van der Waals surface area (Å²) >= 11 is 5.73. The van der Waals surface area contributed by atoms with Crippen LogP contribution in [0.5, 0.6) is 0 Å². The molecule has 3 N–H and O–H groups in total. The molecular weight excluding hydrogens is 317 g/mol. The summed E-state index contributed by atoms with van der Waals surface area (Å²) in [6.45, 7) is 1.60. The number of hydrogen-bond donors (Lipinski definition) is 2. The van der Waals surface area contributed by atoms with Crippen LogP contribution in [0, 0.1) is 5.82 Å². The van der Waals surface area contributed by atoms with Gasteiger partial charge < -0.3 is 5.73 Å². The highest BCUT2D eigenvalue weighted by molar-refractivity contribution is 7.89. The van der Waals surface area contributed by atoms with Gasteiger partial charge in [0.05, 0.1) is 17.4 Å². The van der Waals surface area contributed by atoms with Crippen LogP contribution in [0.4, 0.5) is 10.1 Å². The molecule has 0 saturated carbocycles. The molecule has 0 saturated heterocycles. The molecule has 1 unspecified atom stereocenters. The molecule has 0 bridgehead atoms. The lowest BCUT2D eigenvalue weighted by molar-refractivity contribution is 0.546. The lowest BCUT2D eigenvalue weighted by atomic mass is 10.2. The number of nitrogen functional groups attached to an aromatic ring is 1. The number of hydrogen-bond acceptors (Lipinski definition) is 4. The highest BCUT2D eigenvalue weighted by Gasteiger charge is 2.24. The van der Waals surface area contributed by atoms with Crippen molar-refractivity contribution in [3.8, 4) is 0 Å². The fourth-order valence-corrected chi connectivity index (χ4v) is 3.41. The second kappa shape index (κ2) is 5.97. The van der Waals surface area contributed by atoms with Crippen LogP contribution < -0.4 is 10.5 Å². The van der Waals surface area contributed by atoms with E-state index in [1.807, 2.05) is 0 Å². The van der Waals surface area contributed by atoms with Crippen LogP contribution in [-0.4, -0.2) is 13.4 Å². The minimum absolute atomic E-state index is 0.0414. The number of nitrogens with one attached hydrogen (secondary N) is 1. The Morgan fingerprint density at radius 3 is 2.71 bits per heavy atom. The van der Waals surface area contributed by atoms with Gasteiger partial charge in [0.1, 0.15) is 4.90 Å². The average molecular weight is 330 g/mol. The monoisotopic (exact) mass is 329 g/mol. The van der Waals surface area contributed by atoms with Crippen LogP contribution in [0.15, 0.2) is 41.4 Å². The Bertz CT molecular complexity index is 754. The first kappa shape index (κ1) is 15.7. The van der Waals surface area contributed by atoms with E-state index in [1.54, 1.807) is 25.1 Å². The quantitative estimate of drug-likeness (QED) is 0.844. The molecule has 0 aliphatic rings. The standard InChI is InChI=1S/C13H13ClFN3O2S/c1-8(11-4-2-3-5-17-11)18-21(19,20)12-7-9(14)6-10(16)13(12)15/h2-8,18H,16H2,1H3. The van der Waals surface area contributed by atoms with Crippen molar-refractivity contribution in [1.82, 2.24) is 9.71 Å². The van der Waals surface area contributed by atoms with E-state index in [9.17, 15) is 12.8 Å². The van der Waals surface area contributed by atoms with Crippen molar-refractivity contribution in [3.63, 3.8) is 0 Å². The van der Waals surface area contributed by atoms with Gasteiger partial charge in [-0.2, -0.15) is 0 Å². The molecule has 1 heterocycles. The van der Waals surface area contributed by atoms with E-state index in [2.05, 4.69) is 9.71 Å². The molecule has 1 atom stereocenters. The van der Waals surface area contributed by atoms with E-state index in [-0.39, 0.29) is 10.7 Å². The summed E-state index contributed by atoms with van der Waals surface area (Å²) in [5.41, 5.74) is 5.58. The molecule has 5 nitrogen and oxygen atoms in total. The number of pyridine rings is 1. The highest BCUT2D eigenvalue weighted by Crippen LogP contribution is 2.26. The molecule has 8 heteroatoms. The number of nitrogens with two attached hydrogens (primary N) is 1. The Balaban J connectivity index is 2.35. The fourth-order valence-electron chi connectivity index (χ4n) is 1.77. The first-order chi connectivity index (χ1) is 9.81. The van der Waals surface area contributed by atoms with Crippen LogP contribution in [-0.2, 0) is 10.0 Å². The first-order valence-corrected chi connectivity index (χ1v) is 7.85. The van der Waals surface area contributed by atoms with E-state index >= 15 is 0 Å². The number of benzene rings is 1. The zero-order chi connectivity index (χ0) is 15.6.